The van der Waals surface area contributed by atoms with E-state index in [1.54, 1.807) is 40.1 Å². The molecule has 0 saturated heterocycles. The third-order valence-electron chi connectivity index (χ3n) is 3.11. The van der Waals surface area contributed by atoms with Crippen molar-refractivity contribution >= 4 is 23.4 Å². The average molecular weight is 327 g/mol. The van der Waals surface area contributed by atoms with Gasteiger partial charge >= 0.3 is 0 Å². The van der Waals surface area contributed by atoms with Gasteiger partial charge < -0.3 is 24.8 Å². The van der Waals surface area contributed by atoms with E-state index in [0.29, 0.717) is 28.5 Å². The summed E-state index contributed by atoms with van der Waals surface area (Å²) in [6.07, 6.45) is 2.09. The van der Waals surface area contributed by atoms with Crippen LogP contribution >= 0.6 is 11.8 Å². The number of ether oxygens (including phenoxy) is 3. The van der Waals surface area contributed by atoms with Crippen LogP contribution in [0.3, 0.4) is 0 Å². The zero-order chi connectivity index (χ0) is 16.5. The Kier molecular flexibility index (Phi) is 7.73. The van der Waals surface area contributed by atoms with Gasteiger partial charge in [0.1, 0.15) is 0 Å². The second-order valence-electron chi connectivity index (χ2n) is 4.54. The predicted molar refractivity (Wildman–Crippen MR) is 94.1 cm³/mol. The molecule has 7 heteroatoms. The molecule has 0 heterocycles. The molecule has 124 valence electrons. The van der Waals surface area contributed by atoms with Gasteiger partial charge in [0.2, 0.25) is 5.75 Å². The third-order valence-corrected chi connectivity index (χ3v) is 4.08. The highest BCUT2D eigenvalue weighted by Gasteiger charge is 2.14. The lowest BCUT2D eigenvalue weighted by Crippen LogP contribution is -2.34. The molecule has 1 aromatic rings. The Hall–Kier alpha value is -1.76. The Labute approximate surface area is 136 Å². The van der Waals surface area contributed by atoms with Crippen LogP contribution < -0.4 is 24.8 Å². The summed E-state index contributed by atoms with van der Waals surface area (Å²) in [5.41, 5.74) is 0.805. The molecule has 1 unspecified atom stereocenters. The van der Waals surface area contributed by atoms with E-state index in [2.05, 4.69) is 28.8 Å². The average Bonchev–Trinajstić information content (AvgIpc) is 2.56. The smallest absolute Gasteiger partial charge is 0.203 e. The Balaban J connectivity index is 2.92. The van der Waals surface area contributed by atoms with Crippen molar-refractivity contribution in [2.75, 3.05) is 46.5 Å². The Morgan fingerprint density at radius 2 is 1.77 bits per heavy atom. The van der Waals surface area contributed by atoms with Crippen LogP contribution in [0.1, 0.15) is 6.92 Å². The Morgan fingerprint density at radius 3 is 2.18 bits per heavy atom. The summed E-state index contributed by atoms with van der Waals surface area (Å²) in [4.78, 5) is 4.22. The Bertz CT molecular complexity index is 484. The number of benzene rings is 1. The van der Waals surface area contributed by atoms with Crippen molar-refractivity contribution in [2.24, 2.45) is 4.99 Å². The first kappa shape index (κ1) is 18.3. The molecule has 6 nitrogen and oxygen atoms in total. The molecule has 0 saturated carbocycles. The molecule has 0 aromatic heterocycles. The Morgan fingerprint density at radius 1 is 1.18 bits per heavy atom. The first-order valence-electron chi connectivity index (χ1n) is 6.90. The maximum absolute atomic E-state index is 5.34. The van der Waals surface area contributed by atoms with Gasteiger partial charge in [-0.15, -0.1) is 0 Å². The maximum Gasteiger partial charge on any atom is 0.203 e. The predicted octanol–water partition coefficient (Wildman–Crippen LogP) is 2.45. The fraction of sp³-hybridized carbons (Fsp3) is 0.533. The molecule has 0 fully saturated rings. The van der Waals surface area contributed by atoms with E-state index >= 15 is 0 Å². The quantitative estimate of drug-likeness (QED) is 0.592. The minimum absolute atomic E-state index is 0.499. The van der Waals surface area contributed by atoms with Crippen molar-refractivity contribution < 1.29 is 14.2 Å². The van der Waals surface area contributed by atoms with Gasteiger partial charge in [0.05, 0.1) is 21.3 Å². The van der Waals surface area contributed by atoms with E-state index in [1.807, 2.05) is 12.1 Å². The summed E-state index contributed by atoms with van der Waals surface area (Å²) < 4.78 is 16.0. The molecule has 0 spiro atoms. The van der Waals surface area contributed by atoms with Crippen molar-refractivity contribution in [1.82, 2.24) is 5.32 Å². The van der Waals surface area contributed by atoms with Crippen LogP contribution in [0.15, 0.2) is 17.1 Å². The van der Waals surface area contributed by atoms with Crippen LogP contribution in [-0.2, 0) is 0 Å². The first-order chi connectivity index (χ1) is 10.6. The second kappa shape index (κ2) is 9.30. The van der Waals surface area contributed by atoms with Gasteiger partial charge in [-0.2, -0.15) is 11.8 Å². The molecule has 2 N–H and O–H groups in total. The summed E-state index contributed by atoms with van der Waals surface area (Å²) >= 11 is 1.80. The second-order valence-corrected chi connectivity index (χ2v) is 5.81. The number of rotatable bonds is 7. The summed E-state index contributed by atoms with van der Waals surface area (Å²) in [6, 6.07) is 3.68. The van der Waals surface area contributed by atoms with Crippen LogP contribution in [0.25, 0.3) is 0 Å². The molecule has 0 bridgehead atoms. The molecule has 0 aliphatic rings. The number of methoxy groups -OCH3 is 3. The number of hydrogen-bond donors (Lipinski definition) is 2. The van der Waals surface area contributed by atoms with E-state index in [9.17, 15) is 0 Å². The van der Waals surface area contributed by atoms with Crippen molar-refractivity contribution in [3.05, 3.63) is 12.1 Å². The number of anilines is 1. The van der Waals surface area contributed by atoms with E-state index in [4.69, 9.17) is 14.2 Å². The highest BCUT2D eigenvalue weighted by molar-refractivity contribution is 7.99. The highest BCUT2D eigenvalue weighted by atomic mass is 32.2. The number of aliphatic imine (C=N–C) groups is 1. The third kappa shape index (κ3) is 4.91. The molecule has 1 rings (SSSR count). The summed E-state index contributed by atoms with van der Waals surface area (Å²) in [7, 11) is 6.50. The first-order valence-corrected chi connectivity index (χ1v) is 8.18. The standard InChI is InChI=1S/C15H25N3O3S/c1-10(22-6)9-17-15(16-2)18-11-7-12(19-3)14(21-5)13(8-11)20-4/h7-8,10H,9H2,1-6H3,(H2,16,17,18). The number of hydrogen-bond acceptors (Lipinski definition) is 5. The minimum Gasteiger partial charge on any atom is -0.493 e. The SMILES string of the molecule is CN=C(NCC(C)SC)Nc1cc(OC)c(OC)c(OC)c1. The van der Waals surface area contributed by atoms with E-state index in [-0.39, 0.29) is 0 Å². The molecule has 0 aliphatic carbocycles. The van der Waals surface area contributed by atoms with Crippen LogP contribution in [-0.4, -0.2) is 52.4 Å². The van der Waals surface area contributed by atoms with Crippen molar-refractivity contribution in [3.8, 4) is 17.2 Å². The van der Waals surface area contributed by atoms with Gasteiger partial charge in [-0.25, -0.2) is 0 Å². The zero-order valence-electron chi connectivity index (χ0n) is 14.0. The van der Waals surface area contributed by atoms with Gasteiger partial charge in [0.15, 0.2) is 17.5 Å². The van der Waals surface area contributed by atoms with Crippen LogP contribution in [0.5, 0.6) is 17.2 Å². The van der Waals surface area contributed by atoms with Crippen molar-refractivity contribution in [1.29, 1.82) is 0 Å². The number of thioether (sulfide) groups is 1. The molecule has 22 heavy (non-hydrogen) atoms. The van der Waals surface area contributed by atoms with Gasteiger partial charge in [-0.05, 0) is 6.26 Å². The van der Waals surface area contributed by atoms with Crippen LogP contribution in [0.2, 0.25) is 0 Å². The number of nitrogens with one attached hydrogen (secondary N) is 2. The lowest BCUT2D eigenvalue weighted by atomic mass is 10.2. The van der Waals surface area contributed by atoms with E-state index in [1.165, 1.54) is 0 Å². The molecule has 1 atom stereocenters. The summed E-state index contributed by atoms with van der Waals surface area (Å²) in [5, 5.41) is 7.00. The molecule has 1 aromatic carbocycles. The van der Waals surface area contributed by atoms with Crippen molar-refractivity contribution in [3.63, 3.8) is 0 Å². The summed E-state index contributed by atoms with van der Waals surface area (Å²) in [6.45, 7) is 2.98. The molecule has 0 aliphatic heterocycles. The zero-order valence-corrected chi connectivity index (χ0v) is 14.8. The normalized spacial score (nSPS) is 12.5. The fourth-order valence-corrected chi connectivity index (χ4v) is 2.04. The lowest BCUT2D eigenvalue weighted by molar-refractivity contribution is 0.324. The van der Waals surface area contributed by atoms with E-state index in [0.717, 1.165) is 12.2 Å². The molecule has 0 radical (unpaired) electrons. The highest BCUT2D eigenvalue weighted by Crippen LogP contribution is 2.39. The van der Waals surface area contributed by atoms with E-state index < -0.39 is 0 Å². The molecular weight excluding hydrogens is 302 g/mol. The van der Waals surface area contributed by atoms with Crippen molar-refractivity contribution in [2.45, 2.75) is 12.2 Å². The minimum atomic E-state index is 0.499. The lowest BCUT2D eigenvalue weighted by Gasteiger charge is -2.17. The molecule has 0 amide bonds. The number of nitrogens with zero attached hydrogens (tertiary/aromatic N) is 1. The summed E-state index contributed by atoms with van der Waals surface area (Å²) in [5.74, 6) is 2.44. The van der Waals surface area contributed by atoms with Crippen LogP contribution in [0.4, 0.5) is 5.69 Å². The van der Waals surface area contributed by atoms with Crippen LogP contribution in [0, 0.1) is 0 Å². The monoisotopic (exact) mass is 327 g/mol. The maximum atomic E-state index is 5.34. The largest absolute Gasteiger partial charge is 0.493 e. The number of guanidine groups is 1. The topological polar surface area (TPSA) is 64.1 Å². The van der Waals surface area contributed by atoms with Gasteiger partial charge in [0, 0.05) is 36.7 Å². The van der Waals surface area contributed by atoms with Gasteiger partial charge in [0.25, 0.3) is 0 Å². The fourth-order valence-electron chi connectivity index (χ4n) is 1.79. The van der Waals surface area contributed by atoms with Gasteiger partial charge in [-0.1, -0.05) is 6.92 Å². The molecular formula is C15H25N3O3S. The van der Waals surface area contributed by atoms with Gasteiger partial charge in [-0.3, -0.25) is 4.99 Å².